The zero-order valence-electron chi connectivity index (χ0n) is 9.43. The predicted octanol–water partition coefficient (Wildman–Crippen LogP) is 1.52. The molecule has 1 aromatic rings. The Morgan fingerprint density at radius 1 is 1.47 bits per heavy atom. The second-order valence-electron chi connectivity index (χ2n) is 3.60. The summed E-state index contributed by atoms with van der Waals surface area (Å²) >= 11 is 0. The van der Waals surface area contributed by atoms with Crippen molar-refractivity contribution in [2.75, 3.05) is 13.7 Å². The number of nitrogens with two attached hydrogens (primary N) is 1. The maximum Gasteiger partial charge on any atom is 0.213 e. The van der Waals surface area contributed by atoms with Crippen molar-refractivity contribution in [1.82, 2.24) is 4.98 Å². The Hall–Kier alpha value is -1.13. The van der Waals surface area contributed by atoms with E-state index in [4.69, 9.17) is 15.2 Å². The summed E-state index contributed by atoms with van der Waals surface area (Å²) < 4.78 is 10.5. The van der Waals surface area contributed by atoms with Gasteiger partial charge in [-0.15, -0.1) is 0 Å². The van der Waals surface area contributed by atoms with Crippen molar-refractivity contribution in [3.05, 3.63) is 23.9 Å². The average Bonchev–Trinajstić information content (AvgIpc) is 2.18. The minimum Gasteiger partial charge on any atom is -0.472 e. The minimum atomic E-state index is -0.00849. The summed E-state index contributed by atoms with van der Waals surface area (Å²) in [5.41, 5.74) is 6.78. The van der Waals surface area contributed by atoms with Crippen LogP contribution in [-0.4, -0.2) is 24.8 Å². The molecule has 0 spiro atoms. The third-order valence-corrected chi connectivity index (χ3v) is 2.01. The number of hydrogen-bond acceptors (Lipinski definition) is 4. The van der Waals surface area contributed by atoms with Gasteiger partial charge in [0.1, 0.15) is 6.10 Å². The van der Waals surface area contributed by atoms with E-state index >= 15 is 0 Å². The van der Waals surface area contributed by atoms with E-state index in [1.54, 1.807) is 13.3 Å². The first kappa shape index (κ1) is 11.9. The molecule has 0 aliphatic heterocycles. The highest BCUT2D eigenvalue weighted by Gasteiger charge is 2.06. The number of rotatable bonds is 5. The van der Waals surface area contributed by atoms with Crippen LogP contribution in [0, 0.1) is 0 Å². The highest BCUT2D eigenvalue weighted by molar-refractivity contribution is 5.22. The van der Waals surface area contributed by atoms with Crippen molar-refractivity contribution >= 4 is 0 Å². The maximum absolute atomic E-state index is 5.76. The molecule has 4 nitrogen and oxygen atoms in total. The van der Waals surface area contributed by atoms with Gasteiger partial charge < -0.3 is 15.2 Å². The molecule has 0 aliphatic carbocycles. The maximum atomic E-state index is 5.76. The van der Waals surface area contributed by atoms with Crippen LogP contribution >= 0.6 is 0 Å². The second-order valence-corrected chi connectivity index (χ2v) is 3.60. The summed E-state index contributed by atoms with van der Waals surface area (Å²) in [6, 6.07) is 3.74. The lowest BCUT2D eigenvalue weighted by molar-refractivity contribution is 0.0889. The van der Waals surface area contributed by atoms with Crippen molar-refractivity contribution in [1.29, 1.82) is 0 Å². The van der Waals surface area contributed by atoms with Crippen molar-refractivity contribution in [2.24, 2.45) is 5.73 Å². The van der Waals surface area contributed by atoms with E-state index in [0.717, 1.165) is 5.56 Å². The molecule has 1 heterocycles. The molecule has 2 N–H and O–H groups in total. The first-order valence-corrected chi connectivity index (χ1v) is 5.00. The summed E-state index contributed by atoms with van der Waals surface area (Å²) in [6.07, 6.45) is 1.69. The Labute approximate surface area is 90.4 Å². The minimum absolute atomic E-state index is 0.00641. The fraction of sp³-hybridized carbons (Fsp3) is 0.545. The Balaban J connectivity index is 2.65. The van der Waals surface area contributed by atoms with Crippen molar-refractivity contribution in [2.45, 2.75) is 26.0 Å². The fourth-order valence-corrected chi connectivity index (χ4v) is 1.25. The largest absolute Gasteiger partial charge is 0.472 e. The number of pyridine rings is 1. The lowest BCUT2D eigenvalue weighted by atomic mass is 10.1. The molecule has 0 aliphatic rings. The highest BCUT2D eigenvalue weighted by atomic mass is 16.5. The van der Waals surface area contributed by atoms with E-state index in [2.05, 4.69) is 4.98 Å². The standard InChI is InChI=1S/C11H18N2O2/c1-8(7-14-3)15-11-6-10(9(2)12)4-5-13-11/h4-6,8-9H,7,12H2,1-3H3/t8?,9-/m0/s1. The van der Waals surface area contributed by atoms with Gasteiger partial charge in [-0.2, -0.15) is 0 Å². The van der Waals surface area contributed by atoms with Crippen LogP contribution in [-0.2, 0) is 4.74 Å². The number of nitrogens with zero attached hydrogens (tertiary/aromatic N) is 1. The van der Waals surface area contributed by atoms with Gasteiger partial charge in [-0.25, -0.2) is 4.98 Å². The fourth-order valence-electron chi connectivity index (χ4n) is 1.25. The van der Waals surface area contributed by atoms with Gasteiger partial charge in [-0.05, 0) is 25.5 Å². The quantitative estimate of drug-likeness (QED) is 0.800. The monoisotopic (exact) mass is 210 g/mol. The van der Waals surface area contributed by atoms with Crippen molar-refractivity contribution in [3.8, 4) is 5.88 Å². The summed E-state index contributed by atoms with van der Waals surface area (Å²) in [6.45, 7) is 4.41. The topological polar surface area (TPSA) is 57.4 Å². The molecule has 4 heteroatoms. The first-order valence-electron chi connectivity index (χ1n) is 5.00. The van der Waals surface area contributed by atoms with E-state index in [9.17, 15) is 0 Å². The Bertz CT molecular complexity index is 302. The van der Waals surface area contributed by atoms with Gasteiger partial charge in [0.2, 0.25) is 5.88 Å². The van der Waals surface area contributed by atoms with E-state index in [0.29, 0.717) is 12.5 Å². The third kappa shape index (κ3) is 3.85. The molecule has 84 valence electrons. The summed E-state index contributed by atoms with van der Waals surface area (Å²) in [5, 5.41) is 0. The van der Waals surface area contributed by atoms with Crippen LogP contribution in [0.2, 0.25) is 0 Å². The van der Waals surface area contributed by atoms with E-state index in [1.165, 1.54) is 0 Å². The van der Waals surface area contributed by atoms with E-state index in [-0.39, 0.29) is 12.1 Å². The van der Waals surface area contributed by atoms with Crippen LogP contribution in [0.4, 0.5) is 0 Å². The molecular formula is C11H18N2O2. The molecule has 15 heavy (non-hydrogen) atoms. The van der Waals surface area contributed by atoms with E-state index < -0.39 is 0 Å². The van der Waals surface area contributed by atoms with Gasteiger partial charge >= 0.3 is 0 Å². The molecule has 0 aromatic carbocycles. The summed E-state index contributed by atoms with van der Waals surface area (Å²) in [5.74, 6) is 0.592. The van der Waals surface area contributed by atoms with Crippen LogP contribution in [0.1, 0.15) is 25.5 Å². The smallest absolute Gasteiger partial charge is 0.213 e. The van der Waals surface area contributed by atoms with Crippen LogP contribution in [0.15, 0.2) is 18.3 Å². The summed E-state index contributed by atoms with van der Waals surface area (Å²) in [7, 11) is 1.64. The average molecular weight is 210 g/mol. The summed E-state index contributed by atoms with van der Waals surface area (Å²) in [4.78, 5) is 4.11. The molecule has 1 rings (SSSR count). The number of ether oxygens (including phenoxy) is 2. The molecule has 1 aromatic heterocycles. The van der Waals surface area contributed by atoms with Gasteiger partial charge in [0, 0.05) is 25.4 Å². The molecule has 0 radical (unpaired) electrons. The van der Waals surface area contributed by atoms with Crippen molar-refractivity contribution < 1.29 is 9.47 Å². The highest BCUT2D eigenvalue weighted by Crippen LogP contribution is 2.15. The molecule has 1 unspecified atom stereocenters. The van der Waals surface area contributed by atoms with Gasteiger partial charge in [0.15, 0.2) is 0 Å². The number of hydrogen-bond donors (Lipinski definition) is 1. The van der Waals surface area contributed by atoms with E-state index in [1.807, 2.05) is 26.0 Å². The molecular weight excluding hydrogens is 192 g/mol. The normalized spacial score (nSPS) is 14.7. The Morgan fingerprint density at radius 2 is 2.20 bits per heavy atom. The Kier molecular flexibility index (Phi) is 4.52. The first-order chi connectivity index (χ1) is 7.13. The van der Waals surface area contributed by atoms with Crippen LogP contribution in [0.3, 0.4) is 0 Å². The Morgan fingerprint density at radius 3 is 2.80 bits per heavy atom. The predicted molar refractivity (Wildman–Crippen MR) is 58.8 cm³/mol. The lowest BCUT2D eigenvalue weighted by Gasteiger charge is -2.14. The zero-order valence-corrected chi connectivity index (χ0v) is 9.43. The number of aromatic nitrogens is 1. The number of methoxy groups -OCH3 is 1. The second kappa shape index (κ2) is 5.68. The van der Waals surface area contributed by atoms with Gasteiger partial charge in [0.25, 0.3) is 0 Å². The molecule has 0 saturated heterocycles. The molecule has 0 amide bonds. The molecule has 0 fully saturated rings. The van der Waals surface area contributed by atoms with Crippen molar-refractivity contribution in [3.63, 3.8) is 0 Å². The molecule has 2 atom stereocenters. The molecule has 0 saturated carbocycles. The SMILES string of the molecule is COCC(C)Oc1cc([C@H](C)N)ccn1. The van der Waals surface area contributed by atoms with Gasteiger partial charge in [-0.1, -0.05) is 0 Å². The van der Waals surface area contributed by atoms with Crippen LogP contribution in [0.5, 0.6) is 5.88 Å². The lowest BCUT2D eigenvalue weighted by Crippen LogP contribution is -2.18. The van der Waals surface area contributed by atoms with Crippen LogP contribution < -0.4 is 10.5 Å². The van der Waals surface area contributed by atoms with Crippen LogP contribution in [0.25, 0.3) is 0 Å². The van der Waals surface area contributed by atoms with Gasteiger partial charge in [-0.3, -0.25) is 0 Å². The zero-order chi connectivity index (χ0) is 11.3. The molecule has 0 bridgehead atoms. The van der Waals surface area contributed by atoms with Gasteiger partial charge in [0.05, 0.1) is 6.61 Å². The third-order valence-electron chi connectivity index (χ3n) is 2.01.